The molecule has 3 rings (SSSR count). The number of sulfonamides is 1. The van der Waals surface area contributed by atoms with Gasteiger partial charge in [0.2, 0.25) is 0 Å². The molecule has 0 aliphatic heterocycles. The topological polar surface area (TPSA) is 83.5 Å². The fraction of sp³-hybridized carbons (Fsp3) is 0.0526. The molecule has 134 valence electrons. The van der Waals surface area contributed by atoms with Gasteiger partial charge in [0, 0.05) is 0 Å². The van der Waals surface area contributed by atoms with Gasteiger partial charge in [-0.3, -0.25) is 4.72 Å². The Bertz CT molecular complexity index is 1040. The molecule has 5 nitrogen and oxygen atoms in total. The molecule has 0 aliphatic rings. The summed E-state index contributed by atoms with van der Waals surface area (Å²) in [5.74, 6) is 0. The average Bonchev–Trinajstić information content (AvgIpc) is 2.64. The highest BCUT2D eigenvalue weighted by atomic mass is 32.2. The van der Waals surface area contributed by atoms with Crippen LogP contribution in [-0.2, 0) is 21.1 Å². The number of aryl methyl sites for hydroxylation is 1. The van der Waals surface area contributed by atoms with Crippen molar-refractivity contribution in [3.63, 3.8) is 0 Å². The van der Waals surface area contributed by atoms with E-state index in [1.54, 1.807) is 48.5 Å². The molecule has 3 aromatic rings. The molecular formula is C19H17NO4S2. The molecule has 0 radical (unpaired) electrons. The van der Waals surface area contributed by atoms with Crippen LogP contribution in [0.1, 0.15) is 5.56 Å². The van der Waals surface area contributed by atoms with Gasteiger partial charge >= 0.3 is 0 Å². The normalized spacial score (nSPS) is 12.5. The van der Waals surface area contributed by atoms with Crippen molar-refractivity contribution in [3.05, 3.63) is 78.4 Å². The maximum absolute atomic E-state index is 12.5. The van der Waals surface area contributed by atoms with Crippen molar-refractivity contribution in [2.75, 3.05) is 4.72 Å². The van der Waals surface area contributed by atoms with E-state index in [1.807, 2.05) is 19.1 Å². The van der Waals surface area contributed by atoms with Crippen LogP contribution in [0, 0.1) is 6.92 Å². The van der Waals surface area contributed by atoms with Crippen molar-refractivity contribution in [3.8, 4) is 11.1 Å². The van der Waals surface area contributed by atoms with E-state index in [1.165, 1.54) is 12.1 Å². The molecule has 3 aromatic carbocycles. The Morgan fingerprint density at radius 3 is 1.92 bits per heavy atom. The van der Waals surface area contributed by atoms with Gasteiger partial charge in [0.05, 0.1) is 15.5 Å². The molecule has 1 atom stereocenters. The van der Waals surface area contributed by atoms with Crippen molar-refractivity contribution in [1.29, 1.82) is 0 Å². The zero-order chi connectivity index (χ0) is 18.7. The summed E-state index contributed by atoms with van der Waals surface area (Å²) in [5, 5.41) is 0. The van der Waals surface area contributed by atoms with Gasteiger partial charge in [-0.15, -0.1) is 0 Å². The fourth-order valence-electron chi connectivity index (χ4n) is 2.48. The van der Waals surface area contributed by atoms with Crippen molar-refractivity contribution in [2.45, 2.75) is 16.7 Å². The first-order valence-corrected chi connectivity index (χ1v) is 10.4. The zero-order valence-electron chi connectivity index (χ0n) is 13.9. The quantitative estimate of drug-likeness (QED) is 0.647. The smallest absolute Gasteiger partial charge is 0.261 e. The molecule has 0 aliphatic carbocycles. The summed E-state index contributed by atoms with van der Waals surface area (Å²) in [5.41, 5.74) is 3.03. The third-order valence-electron chi connectivity index (χ3n) is 3.94. The minimum absolute atomic E-state index is 0.164. The Balaban J connectivity index is 1.84. The van der Waals surface area contributed by atoms with Gasteiger partial charge in [-0.25, -0.2) is 12.6 Å². The first-order chi connectivity index (χ1) is 12.4. The number of para-hydroxylation sites is 1. The van der Waals surface area contributed by atoms with Gasteiger partial charge < -0.3 is 4.55 Å². The number of hydrogen-bond acceptors (Lipinski definition) is 3. The lowest BCUT2D eigenvalue weighted by molar-refractivity contribution is 0.564. The van der Waals surface area contributed by atoms with E-state index in [0.29, 0.717) is 10.6 Å². The minimum atomic E-state index is -3.68. The lowest BCUT2D eigenvalue weighted by Gasteiger charge is -2.11. The maximum atomic E-state index is 12.5. The van der Waals surface area contributed by atoms with Crippen LogP contribution in [0.2, 0.25) is 0 Å². The minimum Gasteiger partial charge on any atom is -0.302 e. The molecule has 1 unspecified atom stereocenters. The third kappa shape index (κ3) is 4.01. The van der Waals surface area contributed by atoms with Crippen LogP contribution in [0.3, 0.4) is 0 Å². The fourth-order valence-corrected chi connectivity index (χ4v) is 3.98. The molecule has 0 heterocycles. The molecule has 26 heavy (non-hydrogen) atoms. The largest absolute Gasteiger partial charge is 0.302 e. The van der Waals surface area contributed by atoms with Crippen LogP contribution < -0.4 is 4.72 Å². The summed E-state index contributed by atoms with van der Waals surface area (Å²) >= 11 is -2.02. The second-order valence-corrected chi connectivity index (χ2v) is 8.37. The monoisotopic (exact) mass is 387 g/mol. The Kier molecular flexibility index (Phi) is 5.22. The van der Waals surface area contributed by atoms with Crippen LogP contribution in [0.25, 0.3) is 11.1 Å². The number of nitrogens with one attached hydrogen (secondary N) is 1. The Hall–Kier alpha value is -2.48. The molecule has 0 spiro atoms. The van der Waals surface area contributed by atoms with Crippen molar-refractivity contribution in [1.82, 2.24) is 0 Å². The summed E-state index contributed by atoms with van der Waals surface area (Å²) in [4.78, 5) is 0.480. The van der Waals surface area contributed by atoms with Gasteiger partial charge in [0.25, 0.3) is 10.0 Å². The number of rotatable bonds is 5. The second-order valence-electron chi connectivity index (χ2n) is 5.72. The van der Waals surface area contributed by atoms with Crippen molar-refractivity contribution >= 4 is 26.8 Å². The molecule has 2 N–H and O–H groups in total. The average molecular weight is 387 g/mol. The maximum Gasteiger partial charge on any atom is 0.261 e. The van der Waals surface area contributed by atoms with Crippen LogP contribution in [0.4, 0.5) is 5.69 Å². The van der Waals surface area contributed by atoms with E-state index in [4.69, 9.17) is 4.55 Å². The molecular weight excluding hydrogens is 370 g/mol. The first kappa shape index (κ1) is 18.3. The first-order valence-electron chi connectivity index (χ1n) is 7.77. The Labute approximate surface area is 155 Å². The summed E-state index contributed by atoms with van der Waals surface area (Å²) in [6.07, 6.45) is 0. The predicted octanol–water partition coefficient (Wildman–Crippen LogP) is 4.04. The second kappa shape index (κ2) is 7.41. The van der Waals surface area contributed by atoms with E-state index in [2.05, 4.69) is 4.72 Å². The summed E-state index contributed by atoms with van der Waals surface area (Å²) in [7, 11) is -3.68. The van der Waals surface area contributed by atoms with Crippen molar-refractivity contribution in [2.24, 2.45) is 0 Å². The van der Waals surface area contributed by atoms with E-state index < -0.39 is 21.1 Å². The van der Waals surface area contributed by atoms with E-state index >= 15 is 0 Å². The predicted molar refractivity (Wildman–Crippen MR) is 103 cm³/mol. The molecule has 0 saturated carbocycles. The molecule has 0 fully saturated rings. The number of hydrogen-bond donors (Lipinski definition) is 2. The molecule has 0 saturated heterocycles. The molecule has 0 amide bonds. The zero-order valence-corrected chi connectivity index (χ0v) is 15.5. The highest BCUT2D eigenvalue weighted by Crippen LogP contribution is 2.24. The van der Waals surface area contributed by atoms with E-state index in [0.717, 1.165) is 16.7 Å². The van der Waals surface area contributed by atoms with Crippen LogP contribution in [0.5, 0.6) is 0 Å². The Morgan fingerprint density at radius 2 is 1.38 bits per heavy atom. The summed E-state index contributed by atoms with van der Waals surface area (Å²) in [6, 6.07) is 20.2. The summed E-state index contributed by atoms with van der Waals surface area (Å²) < 4.78 is 47.8. The lowest BCUT2D eigenvalue weighted by Crippen LogP contribution is -2.13. The van der Waals surface area contributed by atoms with Gasteiger partial charge in [0.15, 0.2) is 11.1 Å². The highest BCUT2D eigenvalue weighted by Gasteiger charge is 2.15. The standard InChI is InChI=1S/C19H17NO4S2/c1-14-4-2-3-5-19(14)20-26(23,24)18-12-8-16(9-13-18)15-6-10-17(11-7-15)25(21)22/h2-13,20H,1H3,(H,21,22). The summed E-state index contributed by atoms with van der Waals surface area (Å²) in [6.45, 7) is 1.84. The van der Waals surface area contributed by atoms with E-state index in [9.17, 15) is 12.6 Å². The molecule has 0 aromatic heterocycles. The van der Waals surface area contributed by atoms with Crippen molar-refractivity contribution < 1.29 is 17.2 Å². The molecule has 7 heteroatoms. The van der Waals surface area contributed by atoms with Crippen LogP contribution in [-0.4, -0.2) is 17.2 Å². The number of benzene rings is 3. The Morgan fingerprint density at radius 1 is 0.846 bits per heavy atom. The van der Waals surface area contributed by atoms with Gasteiger partial charge in [-0.2, -0.15) is 0 Å². The highest BCUT2D eigenvalue weighted by molar-refractivity contribution is 7.92. The SMILES string of the molecule is Cc1ccccc1NS(=O)(=O)c1ccc(-c2ccc(S(=O)O)cc2)cc1. The number of anilines is 1. The van der Waals surface area contributed by atoms with E-state index in [-0.39, 0.29) is 4.90 Å². The molecule has 0 bridgehead atoms. The van der Waals surface area contributed by atoms with Gasteiger partial charge in [0.1, 0.15) is 0 Å². The van der Waals surface area contributed by atoms with Crippen LogP contribution in [0.15, 0.2) is 82.6 Å². The third-order valence-corrected chi connectivity index (χ3v) is 6.00. The lowest BCUT2D eigenvalue weighted by atomic mass is 10.1. The van der Waals surface area contributed by atoms with Gasteiger partial charge in [-0.1, -0.05) is 42.5 Å². The van der Waals surface area contributed by atoms with Gasteiger partial charge in [-0.05, 0) is 53.9 Å². The van der Waals surface area contributed by atoms with Crippen LogP contribution >= 0.6 is 0 Å².